The maximum atomic E-state index is 13.1. The van der Waals surface area contributed by atoms with Gasteiger partial charge in [0.05, 0.1) is 11.0 Å². The Morgan fingerprint density at radius 3 is 2.67 bits per heavy atom. The molecular formula is C22H24O5. The average molecular weight is 368 g/mol. The number of aryl methyl sites for hydroxylation is 1. The Labute approximate surface area is 157 Å². The third-order valence-electron chi connectivity index (χ3n) is 6.81. The summed E-state index contributed by atoms with van der Waals surface area (Å²) < 4.78 is 11.0. The lowest BCUT2D eigenvalue weighted by molar-refractivity contribution is -0.197. The number of esters is 1. The standard InChI is InChI=1S/C22H24O5/c1-13-2-3-17-16(6-19(23)27-18(17)4-13)11-26-20(24)21-7-14-5-15(8-21)10-22(25,9-14)12-21/h2-4,6,14-15,25H,5,7-12H2,1H3/t14-,15+,21?,22?. The third-order valence-corrected chi connectivity index (χ3v) is 6.81. The fraction of sp³-hybridized carbons (Fsp3) is 0.545. The van der Waals surface area contributed by atoms with Gasteiger partial charge >= 0.3 is 11.6 Å². The summed E-state index contributed by atoms with van der Waals surface area (Å²) >= 11 is 0. The Morgan fingerprint density at radius 2 is 1.96 bits per heavy atom. The van der Waals surface area contributed by atoms with Crippen molar-refractivity contribution < 1.29 is 19.1 Å². The summed E-state index contributed by atoms with van der Waals surface area (Å²) in [6.07, 6.45) is 4.93. The van der Waals surface area contributed by atoms with Gasteiger partial charge < -0.3 is 14.3 Å². The molecule has 1 aromatic heterocycles. The molecule has 5 heteroatoms. The minimum Gasteiger partial charge on any atom is -0.460 e. The summed E-state index contributed by atoms with van der Waals surface area (Å²) in [7, 11) is 0. The lowest BCUT2D eigenvalue weighted by Crippen LogP contribution is -2.58. The van der Waals surface area contributed by atoms with E-state index in [0.717, 1.165) is 43.1 Å². The molecule has 0 spiro atoms. The summed E-state index contributed by atoms with van der Waals surface area (Å²) in [5, 5.41) is 11.6. The highest BCUT2D eigenvalue weighted by molar-refractivity contribution is 5.82. The van der Waals surface area contributed by atoms with E-state index in [0.29, 0.717) is 29.4 Å². The van der Waals surface area contributed by atoms with E-state index in [-0.39, 0.29) is 12.6 Å². The van der Waals surface area contributed by atoms with Crippen molar-refractivity contribution >= 4 is 16.9 Å². The monoisotopic (exact) mass is 368 g/mol. The fourth-order valence-corrected chi connectivity index (χ4v) is 6.21. The quantitative estimate of drug-likeness (QED) is 0.663. The van der Waals surface area contributed by atoms with Gasteiger partial charge in [0.25, 0.3) is 0 Å². The molecule has 4 fully saturated rings. The Kier molecular flexibility index (Phi) is 3.57. The van der Waals surface area contributed by atoms with Crippen molar-refractivity contribution in [2.24, 2.45) is 17.3 Å². The van der Waals surface area contributed by atoms with Crippen molar-refractivity contribution in [1.82, 2.24) is 0 Å². The van der Waals surface area contributed by atoms with Gasteiger partial charge in [-0.25, -0.2) is 4.79 Å². The maximum absolute atomic E-state index is 13.1. The van der Waals surface area contributed by atoms with Crippen molar-refractivity contribution in [3.63, 3.8) is 0 Å². The van der Waals surface area contributed by atoms with Gasteiger partial charge in [-0.2, -0.15) is 0 Å². The summed E-state index contributed by atoms with van der Waals surface area (Å²) in [5.74, 6) is 0.635. The first-order valence-electron chi connectivity index (χ1n) is 9.77. The molecule has 0 radical (unpaired) electrons. The highest BCUT2D eigenvalue weighted by Crippen LogP contribution is 2.62. The first-order valence-corrected chi connectivity index (χ1v) is 9.77. The number of hydrogen-bond donors (Lipinski definition) is 1. The van der Waals surface area contributed by atoms with Gasteiger partial charge in [-0.1, -0.05) is 12.1 Å². The van der Waals surface area contributed by atoms with Crippen molar-refractivity contribution in [2.75, 3.05) is 0 Å². The molecular weight excluding hydrogens is 344 g/mol. The summed E-state index contributed by atoms with van der Waals surface area (Å²) in [6, 6.07) is 7.06. The number of aliphatic hydroxyl groups is 1. The van der Waals surface area contributed by atoms with E-state index in [1.165, 1.54) is 6.07 Å². The van der Waals surface area contributed by atoms with E-state index < -0.39 is 16.6 Å². The van der Waals surface area contributed by atoms with Gasteiger partial charge in [0.15, 0.2) is 0 Å². The molecule has 5 nitrogen and oxygen atoms in total. The molecule has 1 N–H and O–H groups in total. The fourth-order valence-electron chi connectivity index (χ4n) is 6.21. The molecule has 4 saturated carbocycles. The molecule has 2 aromatic rings. The first-order chi connectivity index (χ1) is 12.8. The molecule has 4 atom stereocenters. The smallest absolute Gasteiger partial charge is 0.336 e. The average Bonchev–Trinajstić information content (AvgIpc) is 2.56. The molecule has 4 aliphatic rings. The summed E-state index contributed by atoms with van der Waals surface area (Å²) in [5.41, 5.74) is 0.492. The van der Waals surface area contributed by atoms with E-state index in [9.17, 15) is 14.7 Å². The molecule has 4 bridgehead atoms. The highest BCUT2D eigenvalue weighted by Gasteiger charge is 2.60. The Bertz CT molecular complexity index is 974. The van der Waals surface area contributed by atoms with Crippen LogP contribution in [-0.4, -0.2) is 16.7 Å². The lowest BCUT2D eigenvalue weighted by atomic mass is 9.48. The van der Waals surface area contributed by atoms with E-state index >= 15 is 0 Å². The predicted molar refractivity (Wildman–Crippen MR) is 99.1 cm³/mol. The van der Waals surface area contributed by atoms with Gasteiger partial charge in [0.2, 0.25) is 0 Å². The highest BCUT2D eigenvalue weighted by atomic mass is 16.5. The maximum Gasteiger partial charge on any atom is 0.336 e. The van der Waals surface area contributed by atoms with E-state index in [1.807, 2.05) is 25.1 Å². The number of carbonyl (C=O) groups excluding carboxylic acids is 1. The SMILES string of the molecule is Cc1ccc2c(COC(=O)C34C[C@@H]5C[C@@H](CC(O)(C5)C3)C4)cc(=O)oc2c1. The van der Waals surface area contributed by atoms with E-state index in [4.69, 9.17) is 9.15 Å². The van der Waals surface area contributed by atoms with Crippen LogP contribution in [0.25, 0.3) is 11.0 Å². The number of ether oxygens (including phenoxy) is 1. The van der Waals surface area contributed by atoms with Crippen LogP contribution in [0.5, 0.6) is 0 Å². The first kappa shape index (κ1) is 17.0. The normalized spacial score (nSPS) is 34.1. The number of rotatable bonds is 3. The topological polar surface area (TPSA) is 76.7 Å². The third kappa shape index (κ3) is 2.80. The molecule has 2 unspecified atom stereocenters. The molecule has 0 saturated heterocycles. The van der Waals surface area contributed by atoms with Crippen LogP contribution >= 0.6 is 0 Å². The second kappa shape index (κ2) is 5.68. The molecule has 4 aliphatic carbocycles. The Morgan fingerprint density at radius 1 is 1.22 bits per heavy atom. The van der Waals surface area contributed by atoms with Gasteiger partial charge in [-0.05, 0) is 68.9 Å². The van der Waals surface area contributed by atoms with Crippen LogP contribution < -0.4 is 5.63 Å². The van der Waals surface area contributed by atoms with Crippen molar-refractivity contribution in [3.05, 3.63) is 45.8 Å². The molecule has 1 aromatic carbocycles. The van der Waals surface area contributed by atoms with Crippen LogP contribution in [0, 0.1) is 24.2 Å². The molecule has 1 heterocycles. The zero-order valence-electron chi connectivity index (χ0n) is 15.5. The summed E-state index contributed by atoms with van der Waals surface area (Å²) in [4.78, 5) is 24.9. The molecule has 0 amide bonds. The number of carbonyl (C=O) groups is 1. The summed E-state index contributed by atoms with van der Waals surface area (Å²) in [6.45, 7) is 1.99. The molecule has 27 heavy (non-hydrogen) atoms. The Balaban J connectivity index is 1.40. The molecule has 6 rings (SSSR count). The van der Waals surface area contributed by atoms with Gasteiger partial charge in [0.1, 0.15) is 12.2 Å². The van der Waals surface area contributed by atoms with E-state index in [1.54, 1.807) is 0 Å². The van der Waals surface area contributed by atoms with E-state index in [2.05, 4.69) is 0 Å². The Hall–Kier alpha value is -2.14. The zero-order chi connectivity index (χ0) is 18.8. The largest absolute Gasteiger partial charge is 0.460 e. The van der Waals surface area contributed by atoms with Crippen LogP contribution in [0.1, 0.15) is 49.7 Å². The van der Waals surface area contributed by atoms with Crippen LogP contribution in [0.4, 0.5) is 0 Å². The van der Waals surface area contributed by atoms with Crippen molar-refractivity contribution in [2.45, 2.75) is 57.7 Å². The molecule has 0 aliphatic heterocycles. The van der Waals surface area contributed by atoms with Gasteiger partial charge in [0, 0.05) is 17.0 Å². The van der Waals surface area contributed by atoms with Crippen LogP contribution in [0.2, 0.25) is 0 Å². The minimum absolute atomic E-state index is 0.0551. The second-order valence-electron chi connectivity index (χ2n) is 9.13. The second-order valence-corrected chi connectivity index (χ2v) is 9.13. The number of fused-ring (bicyclic) bond motifs is 1. The van der Waals surface area contributed by atoms with Crippen molar-refractivity contribution in [3.8, 4) is 0 Å². The van der Waals surface area contributed by atoms with Crippen molar-refractivity contribution in [1.29, 1.82) is 0 Å². The number of benzene rings is 1. The number of hydrogen-bond acceptors (Lipinski definition) is 5. The van der Waals surface area contributed by atoms with Gasteiger partial charge in [-0.15, -0.1) is 0 Å². The minimum atomic E-state index is -0.693. The molecule has 142 valence electrons. The zero-order valence-corrected chi connectivity index (χ0v) is 15.5. The van der Waals surface area contributed by atoms with Gasteiger partial charge in [-0.3, -0.25) is 4.79 Å². The lowest BCUT2D eigenvalue weighted by Gasteiger charge is -2.58. The van der Waals surface area contributed by atoms with Crippen LogP contribution in [0.15, 0.2) is 33.5 Å². The predicted octanol–water partition coefficient (Wildman–Crippen LogP) is 3.48. The van der Waals surface area contributed by atoms with Crippen LogP contribution in [-0.2, 0) is 16.1 Å². The van der Waals surface area contributed by atoms with Crippen LogP contribution in [0.3, 0.4) is 0 Å².